The molecule has 0 radical (unpaired) electrons. The van der Waals surface area contributed by atoms with Crippen molar-refractivity contribution in [3.05, 3.63) is 59.9 Å². The summed E-state index contributed by atoms with van der Waals surface area (Å²) in [6.45, 7) is 1.94. The van der Waals surface area contributed by atoms with E-state index in [0.717, 1.165) is 4.90 Å². The molecule has 0 fully saturated rings. The van der Waals surface area contributed by atoms with Gasteiger partial charge in [0, 0.05) is 15.8 Å². The average Bonchev–Trinajstić information content (AvgIpc) is 3.01. The third-order valence-electron chi connectivity index (χ3n) is 3.65. The number of nitrogens with one attached hydrogen (secondary N) is 1. The number of ether oxygens (including phenoxy) is 1. The quantitative estimate of drug-likeness (QED) is 0.536. The number of furan rings is 1. The summed E-state index contributed by atoms with van der Waals surface area (Å²) in [7, 11) is 0. The number of fused-ring (bicyclic) bond motifs is 1. The minimum Gasteiger partial charge on any atom is -0.460 e. The summed E-state index contributed by atoms with van der Waals surface area (Å²) in [5.41, 5.74) is 1.34. The van der Waals surface area contributed by atoms with Crippen LogP contribution in [0.25, 0.3) is 11.0 Å². The van der Waals surface area contributed by atoms with Crippen LogP contribution in [-0.4, -0.2) is 24.7 Å². The molecule has 0 atom stereocenters. The molecule has 1 N–H and O–H groups in total. The van der Waals surface area contributed by atoms with E-state index in [-0.39, 0.29) is 18.3 Å². The van der Waals surface area contributed by atoms with Gasteiger partial charge in [0.2, 0.25) is 5.76 Å². The van der Waals surface area contributed by atoms with Crippen molar-refractivity contribution in [1.29, 1.82) is 0 Å². The van der Waals surface area contributed by atoms with Crippen LogP contribution in [0.1, 0.15) is 27.8 Å². The van der Waals surface area contributed by atoms with Gasteiger partial charge < -0.3 is 14.5 Å². The van der Waals surface area contributed by atoms with Gasteiger partial charge in [-0.2, -0.15) is 0 Å². The first-order valence-electron chi connectivity index (χ1n) is 7.78. The van der Waals surface area contributed by atoms with Gasteiger partial charge in [0.15, 0.2) is 0 Å². The maximum absolute atomic E-state index is 12.6. The predicted molar refractivity (Wildman–Crippen MR) is 98.3 cm³/mol. The second-order valence-electron chi connectivity index (χ2n) is 5.21. The van der Waals surface area contributed by atoms with E-state index in [1.165, 1.54) is 0 Å². The maximum Gasteiger partial charge on any atom is 0.376 e. The first kappa shape index (κ1) is 17.1. The molecule has 25 heavy (non-hydrogen) atoms. The molecule has 0 spiro atoms. The second-order valence-corrected chi connectivity index (χ2v) is 6.09. The van der Waals surface area contributed by atoms with Gasteiger partial charge >= 0.3 is 5.97 Å². The van der Waals surface area contributed by atoms with Gasteiger partial charge in [0.1, 0.15) is 11.3 Å². The van der Waals surface area contributed by atoms with Crippen molar-refractivity contribution < 1.29 is 18.7 Å². The number of rotatable bonds is 5. The lowest BCUT2D eigenvalue weighted by atomic mass is 10.2. The molecule has 128 valence electrons. The Morgan fingerprint density at radius 2 is 1.84 bits per heavy atom. The predicted octanol–water partition coefficient (Wildman–Crippen LogP) is 4.58. The van der Waals surface area contributed by atoms with Gasteiger partial charge in [-0.1, -0.05) is 12.1 Å². The molecule has 3 rings (SSSR count). The van der Waals surface area contributed by atoms with E-state index in [1.807, 2.05) is 24.5 Å². The van der Waals surface area contributed by atoms with E-state index < -0.39 is 5.97 Å². The lowest BCUT2D eigenvalue weighted by molar-refractivity contribution is 0.0494. The lowest BCUT2D eigenvalue weighted by Crippen LogP contribution is -2.14. The van der Waals surface area contributed by atoms with Crippen molar-refractivity contribution in [2.45, 2.75) is 11.8 Å². The molecule has 6 heteroatoms. The van der Waals surface area contributed by atoms with E-state index in [4.69, 9.17) is 9.15 Å². The van der Waals surface area contributed by atoms with Crippen LogP contribution in [0.15, 0.2) is 57.8 Å². The Labute approximate surface area is 149 Å². The van der Waals surface area contributed by atoms with Gasteiger partial charge in [-0.25, -0.2) is 4.79 Å². The number of carbonyl (C=O) groups is 2. The topological polar surface area (TPSA) is 68.5 Å². The maximum atomic E-state index is 12.6. The van der Waals surface area contributed by atoms with E-state index in [0.29, 0.717) is 22.2 Å². The largest absolute Gasteiger partial charge is 0.460 e. The fourth-order valence-electron chi connectivity index (χ4n) is 2.44. The minimum atomic E-state index is -0.605. The van der Waals surface area contributed by atoms with Crippen LogP contribution in [0.3, 0.4) is 0 Å². The van der Waals surface area contributed by atoms with Gasteiger partial charge in [-0.05, 0) is 49.6 Å². The summed E-state index contributed by atoms with van der Waals surface area (Å²) in [6.07, 6.45) is 1.97. The summed E-state index contributed by atoms with van der Waals surface area (Å²) in [4.78, 5) is 25.8. The lowest BCUT2D eigenvalue weighted by Gasteiger charge is -2.06. The monoisotopic (exact) mass is 355 g/mol. The van der Waals surface area contributed by atoms with Crippen molar-refractivity contribution in [3.8, 4) is 0 Å². The van der Waals surface area contributed by atoms with E-state index in [9.17, 15) is 9.59 Å². The Morgan fingerprint density at radius 1 is 1.12 bits per heavy atom. The first-order valence-corrected chi connectivity index (χ1v) is 9.00. The van der Waals surface area contributed by atoms with Crippen molar-refractivity contribution in [3.63, 3.8) is 0 Å². The molecule has 5 nitrogen and oxygen atoms in total. The highest BCUT2D eigenvalue weighted by Crippen LogP contribution is 2.32. The smallest absolute Gasteiger partial charge is 0.376 e. The fraction of sp³-hybridized carbons (Fsp3) is 0.158. The molecular weight excluding hydrogens is 338 g/mol. The molecule has 2 aromatic carbocycles. The second kappa shape index (κ2) is 7.44. The molecule has 0 unspecified atom stereocenters. The Balaban J connectivity index is 1.97. The van der Waals surface area contributed by atoms with Crippen LogP contribution >= 0.6 is 11.8 Å². The molecule has 0 saturated carbocycles. The Morgan fingerprint density at radius 3 is 2.52 bits per heavy atom. The summed E-state index contributed by atoms with van der Waals surface area (Å²) in [5, 5.41) is 3.44. The van der Waals surface area contributed by atoms with Gasteiger partial charge in [0.05, 0.1) is 6.61 Å². The van der Waals surface area contributed by atoms with Crippen LogP contribution in [0.2, 0.25) is 0 Å². The van der Waals surface area contributed by atoms with Gasteiger partial charge in [-0.15, -0.1) is 11.8 Å². The minimum absolute atomic E-state index is 0.00265. The van der Waals surface area contributed by atoms with Crippen molar-refractivity contribution in [1.82, 2.24) is 0 Å². The SMILES string of the molecule is CCOC(=O)c1oc2ccccc2c1NC(=O)c1ccc(SC)cc1. The number of para-hydroxylation sites is 1. The Kier molecular flexibility index (Phi) is 5.09. The molecule has 1 aromatic heterocycles. The Bertz CT molecular complexity index is 915. The number of thioether (sulfide) groups is 1. The number of carbonyl (C=O) groups excluding carboxylic acids is 2. The summed E-state index contributed by atoms with van der Waals surface area (Å²) < 4.78 is 10.6. The molecule has 1 amide bonds. The van der Waals surface area contributed by atoms with Crippen LogP contribution in [0.4, 0.5) is 5.69 Å². The number of amides is 1. The van der Waals surface area contributed by atoms with E-state index in [2.05, 4.69) is 5.32 Å². The van der Waals surface area contributed by atoms with Gasteiger partial charge in [0.25, 0.3) is 5.91 Å². The zero-order valence-corrected chi connectivity index (χ0v) is 14.7. The third kappa shape index (κ3) is 3.53. The number of esters is 1. The zero-order chi connectivity index (χ0) is 17.8. The summed E-state index contributed by atoms with van der Waals surface area (Å²) in [6, 6.07) is 14.4. The van der Waals surface area contributed by atoms with Crippen LogP contribution in [0, 0.1) is 0 Å². The van der Waals surface area contributed by atoms with Crippen molar-refractivity contribution in [2.75, 3.05) is 18.2 Å². The standard InChI is InChI=1S/C19H17NO4S/c1-3-23-19(22)17-16(14-6-4-5-7-15(14)24-17)20-18(21)12-8-10-13(25-2)11-9-12/h4-11H,3H2,1-2H3,(H,20,21). The van der Waals surface area contributed by atoms with Crippen LogP contribution in [-0.2, 0) is 4.74 Å². The zero-order valence-electron chi connectivity index (χ0n) is 13.9. The summed E-state index contributed by atoms with van der Waals surface area (Å²) >= 11 is 1.60. The molecule has 0 aliphatic heterocycles. The number of hydrogen-bond donors (Lipinski definition) is 1. The molecule has 3 aromatic rings. The fourth-order valence-corrected chi connectivity index (χ4v) is 2.85. The molecule has 1 heterocycles. The van der Waals surface area contributed by atoms with E-state index >= 15 is 0 Å². The first-order chi connectivity index (χ1) is 12.1. The highest BCUT2D eigenvalue weighted by atomic mass is 32.2. The van der Waals surface area contributed by atoms with Crippen molar-refractivity contribution in [2.24, 2.45) is 0 Å². The highest BCUT2D eigenvalue weighted by molar-refractivity contribution is 7.98. The molecule has 0 aliphatic rings. The number of hydrogen-bond acceptors (Lipinski definition) is 5. The molecule has 0 saturated heterocycles. The summed E-state index contributed by atoms with van der Waals surface area (Å²) in [5.74, 6) is -0.923. The molecule has 0 bridgehead atoms. The highest BCUT2D eigenvalue weighted by Gasteiger charge is 2.23. The molecule has 0 aliphatic carbocycles. The van der Waals surface area contributed by atoms with Crippen LogP contribution in [0.5, 0.6) is 0 Å². The average molecular weight is 355 g/mol. The molecular formula is C19H17NO4S. The number of anilines is 1. The Hall–Kier alpha value is -2.73. The normalized spacial score (nSPS) is 10.6. The van der Waals surface area contributed by atoms with Crippen LogP contribution < -0.4 is 5.32 Å². The van der Waals surface area contributed by atoms with E-state index in [1.54, 1.807) is 49.0 Å². The van der Waals surface area contributed by atoms with Crippen molar-refractivity contribution >= 4 is 40.3 Å². The van der Waals surface area contributed by atoms with Gasteiger partial charge in [-0.3, -0.25) is 4.79 Å². The third-order valence-corrected chi connectivity index (χ3v) is 4.39. The number of benzene rings is 2.